The van der Waals surface area contributed by atoms with Crippen molar-refractivity contribution in [2.24, 2.45) is 0 Å². The molecule has 27 heavy (non-hydrogen) atoms. The number of phenolic OH excluding ortho intramolecular Hbond substituents is 1. The van der Waals surface area contributed by atoms with Gasteiger partial charge in [-0.2, -0.15) is 0 Å². The zero-order valence-electron chi connectivity index (χ0n) is 14.1. The molecule has 0 aromatic heterocycles. The third-order valence-electron chi connectivity index (χ3n) is 4.29. The van der Waals surface area contributed by atoms with Crippen LogP contribution in [0.3, 0.4) is 0 Å². The van der Waals surface area contributed by atoms with Gasteiger partial charge >= 0.3 is 6.36 Å². The summed E-state index contributed by atoms with van der Waals surface area (Å²) < 4.78 is 68.8. The van der Waals surface area contributed by atoms with Gasteiger partial charge in [-0.1, -0.05) is 12.1 Å². The smallest absolute Gasteiger partial charge is 0.507 e. The van der Waals surface area contributed by atoms with Gasteiger partial charge in [0.05, 0.1) is 11.6 Å². The minimum absolute atomic E-state index is 0.122. The van der Waals surface area contributed by atoms with Crippen molar-refractivity contribution in [1.29, 1.82) is 0 Å². The van der Waals surface area contributed by atoms with E-state index in [1.165, 1.54) is 12.1 Å². The van der Waals surface area contributed by atoms with Gasteiger partial charge in [0.1, 0.15) is 23.1 Å². The SMILES string of the molecule is Oc1cc(F)cc(F)c1[C@H](c1ccc(OC(F)(F)F)cc1)N1CCNCC1. The van der Waals surface area contributed by atoms with E-state index < -0.39 is 35.5 Å². The van der Waals surface area contributed by atoms with Crippen LogP contribution < -0.4 is 10.1 Å². The van der Waals surface area contributed by atoms with Crippen molar-refractivity contribution in [2.45, 2.75) is 12.4 Å². The largest absolute Gasteiger partial charge is 0.573 e. The molecule has 0 aliphatic carbocycles. The number of halogens is 5. The summed E-state index contributed by atoms with van der Waals surface area (Å²) in [5, 5.41) is 13.3. The van der Waals surface area contributed by atoms with Crippen LogP contribution in [-0.4, -0.2) is 42.5 Å². The fourth-order valence-corrected chi connectivity index (χ4v) is 3.19. The number of nitrogens with zero attached hydrogens (tertiary/aromatic N) is 1. The van der Waals surface area contributed by atoms with E-state index in [9.17, 15) is 27.1 Å². The van der Waals surface area contributed by atoms with Crippen LogP contribution in [0.1, 0.15) is 17.2 Å². The zero-order chi connectivity index (χ0) is 19.6. The Morgan fingerprint density at radius 2 is 1.67 bits per heavy atom. The predicted molar refractivity (Wildman–Crippen MR) is 87.4 cm³/mol. The standard InChI is InChI=1S/C18H17F5N2O2/c19-12-9-14(20)16(15(26)10-12)17(25-7-5-24-6-8-25)11-1-3-13(4-2-11)27-18(21,22)23/h1-4,9-10,17,24,26H,5-8H2/t17-/m0/s1. The molecule has 0 spiro atoms. The van der Waals surface area contributed by atoms with Crippen LogP contribution in [-0.2, 0) is 0 Å². The van der Waals surface area contributed by atoms with Crippen molar-refractivity contribution < 1.29 is 31.8 Å². The Labute approximate surface area is 152 Å². The van der Waals surface area contributed by atoms with Crippen molar-refractivity contribution in [3.8, 4) is 11.5 Å². The highest BCUT2D eigenvalue weighted by Crippen LogP contribution is 2.37. The summed E-state index contributed by atoms with van der Waals surface area (Å²) in [6.07, 6.45) is -4.82. The van der Waals surface area contributed by atoms with Gasteiger partial charge in [-0.25, -0.2) is 8.78 Å². The minimum atomic E-state index is -4.82. The van der Waals surface area contributed by atoms with E-state index in [-0.39, 0.29) is 5.56 Å². The Bertz CT molecular complexity index is 766. The zero-order valence-corrected chi connectivity index (χ0v) is 14.1. The monoisotopic (exact) mass is 388 g/mol. The number of phenols is 1. The first-order chi connectivity index (χ1) is 12.7. The lowest BCUT2D eigenvalue weighted by molar-refractivity contribution is -0.274. The van der Waals surface area contributed by atoms with Crippen LogP contribution in [0.2, 0.25) is 0 Å². The third-order valence-corrected chi connectivity index (χ3v) is 4.29. The molecule has 0 radical (unpaired) electrons. The topological polar surface area (TPSA) is 44.7 Å². The van der Waals surface area contributed by atoms with E-state index in [0.29, 0.717) is 37.8 Å². The Balaban J connectivity index is 2.00. The van der Waals surface area contributed by atoms with Gasteiger partial charge < -0.3 is 15.2 Å². The van der Waals surface area contributed by atoms with Gasteiger partial charge in [0, 0.05) is 38.3 Å². The molecule has 1 saturated heterocycles. The van der Waals surface area contributed by atoms with Crippen LogP contribution in [0.5, 0.6) is 11.5 Å². The molecule has 0 bridgehead atoms. The summed E-state index contributed by atoms with van der Waals surface area (Å²) in [5.41, 5.74) is 0.329. The molecule has 2 aromatic carbocycles. The molecule has 0 amide bonds. The lowest BCUT2D eigenvalue weighted by Crippen LogP contribution is -2.45. The van der Waals surface area contributed by atoms with Gasteiger partial charge in [-0.3, -0.25) is 4.90 Å². The van der Waals surface area contributed by atoms with E-state index in [0.717, 1.165) is 18.2 Å². The highest BCUT2D eigenvalue weighted by atomic mass is 19.4. The molecular weight excluding hydrogens is 371 g/mol. The van der Waals surface area contributed by atoms with Crippen molar-refractivity contribution in [3.63, 3.8) is 0 Å². The number of hydrogen-bond acceptors (Lipinski definition) is 4. The van der Waals surface area contributed by atoms with E-state index in [4.69, 9.17) is 0 Å². The number of nitrogens with one attached hydrogen (secondary N) is 1. The summed E-state index contributed by atoms with van der Waals surface area (Å²) in [6, 6.07) is 5.69. The maximum absolute atomic E-state index is 14.5. The molecule has 1 aliphatic rings. The molecule has 3 rings (SSSR count). The minimum Gasteiger partial charge on any atom is -0.507 e. The number of ether oxygens (including phenoxy) is 1. The number of hydrogen-bond donors (Lipinski definition) is 2. The Kier molecular flexibility index (Phi) is 5.52. The molecule has 9 heteroatoms. The molecule has 1 fully saturated rings. The van der Waals surface area contributed by atoms with E-state index in [2.05, 4.69) is 10.1 Å². The molecule has 4 nitrogen and oxygen atoms in total. The Morgan fingerprint density at radius 1 is 1.04 bits per heavy atom. The van der Waals surface area contributed by atoms with Crippen LogP contribution in [0.25, 0.3) is 0 Å². The van der Waals surface area contributed by atoms with Gasteiger partial charge in [0.25, 0.3) is 0 Å². The Hall–Kier alpha value is -2.39. The number of rotatable bonds is 4. The molecule has 1 aliphatic heterocycles. The first-order valence-electron chi connectivity index (χ1n) is 8.23. The van der Waals surface area contributed by atoms with Gasteiger partial charge in [0.15, 0.2) is 0 Å². The highest BCUT2D eigenvalue weighted by molar-refractivity contribution is 5.43. The average Bonchev–Trinajstić information content (AvgIpc) is 2.58. The molecule has 0 unspecified atom stereocenters. The maximum Gasteiger partial charge on any atom is 0.573 e. The second-order valence-electron chi connectivity index (χ2n) is 6.13. The quantitative estimate of drug-likeness (QED) is 0.787. The summed E-state index contributed by atoms with van der Waals surface area (Å²) in [6.45, 7) is 2.27. The van der Waals surface area contributed by atoms with Crippen molar-refractivity contribution in [3.05, 3.63) is 59.2 Å². The van der Waals surface area contributed by atoms with Crippen LogP contribution in [0.4, 0.5) is 22.0 Å². The molecule has 2 N–H and O–H groups in total. The third kappa shape index (κ3) is 4.67. The van der Waals surface area contributed by atoms with Gasteiger partial charge in [-0.15, -0.1) is 13.2 Å². The van der Waals surface area contributed by atoms with Crippen LogP contribution in [0.15, 0.2) is 36.4 Å². The number of piperazine rings is 1. The molecule has 0 saturated carbocycles. The summed E-state index contributed by atoms with van der Waals surface area (Å²) >= 11 is 0. The Morgan fingerprint density at radius 3 is 2.22 bits per heavy atom. The van der Waals surface area contributed by atoms with Crippen molar-refractivity contribution in [1.82, 2.24) is 10.2 Å². The van der Waals surface area contributed by atoms with Gasteiger partial charge in [0.2, 0.25) is 0 Å². The maximum atomic E-state index is 14.5. The second-order valence-corrected chi connectivity index (χ2v) is 6.13. The molecule has 2 aromatic rings. The first kappa shape index (κ1) is 19.4. The fourth-order valence-electron chi connectivity index (χ4n) is 3.19. The number of benzene rings is 2. The van der Waals surface area contributed by atoms with E-state index >= 15 is 0 Å². The van der Waals surface area contributed by atoms with Crippen molar-refractivity contribution >= 4 is 0 Å². The molecular formula is C18H17F5N2O2. The number of alkyl halides is 3. The normalized spacial score (nSPS) is 16.9. The fraction of sp³-hybridized carbons (Fsp3) is 0.333. The second kappa shape index (κ2) is 7.69. The van der Waals surface area contributed by atoms with Gasteiger partial charge in [-0.05, 0) is 17.7 Å². The molecule has 1 atom stereocenters. The lowest BCUT2D eigenvalue weighted by atomic mass is 9.95. The van der Waals surface area contributed by atoms with Crippen molar-refractivity contribution in [2.75, 3.05) is 26.2 Å². The molecule has 146 valence electrons. The van der Waals surface area contributed by atoms with E-state index in [1.54, 1.807) is 0 Å². The summed E-state index contributed by atoms with van der Waals surface area (Å²) in [5.74, 6) is -2.80. The first-order valence-corrected chi connectivity index (χ1v) is 8.23. The summed E-state index contributed by atoms with van der Waals surface area (Å²) in [7, 11) is 0. The lowest BCUT2D eigenvalue weighted by Gasteiger charge is -2.36. The predicted octanol–water partition coefficient (Wildman–Crippen LogP) is 3.56. The average molecular weight is 388 g/mol. The molecule has 1 heterocycles. The van der Waals surface area contributed by atoms with Crippen LogP contribution >= 0.6 is 0 Å². The van der Waals surface area contributed by atoms with E-state index in [1.807, 2.05) is 4.90 Å². The number of aromatic hydroxyl groups is 1. The summed E-state index contributed by atoms with van der Waals surface area (Å²) in [4.78, 5) is 1.87. The van der Waals surface area contributed by atoms with Crippen LogP contribution in [0, 0.1) is 11.6 Å². The highest BCUT2D eigenvalue weighted by Gasteiger charge is 2.32.